The minimum atomic E-state index is -0.187. The molecule has 0 spiro atoms. The van der Waals surface area contributed by atoms with Crippen molar-refractivity contribution in [3.63, 3.8) is 0 Å². The molecule has 1 saturated heterocycles. The number of ether oxygens (including phenoxy) is 1. The van der Waals surface area contributed by atoms with Crippen molar-refractivity contribution in [3.05, 3.63) is 29.6 Å². The van der Waals surface area contributed by atoms with Gasteiger partial charge in [0.05, 0.1) is 32.3 Å². The lowest BCUT2D eigenvalue weighted by Gasteiger charge is -2.28. The fourth-order valence-electron chi connectivity index (χ4n) is 2.99. The van der Waals surface area contributed by atoms with Crippen molar-refractivity contribution in [2.75, 3.05) is 45.1 Å². The number of thioether (sulfide) groups is 1. The minimum Gasteiger partial charge on any atom is -0.370 e. The maximum absolute atomic E-state index is 13.5. The Hall–Kier alpha value is -0.890. The maximum atomic E-state index is 13.5. The third-order valence-corrected chi connectivity index (χ3v) is 5.67. The number of fused-ring (bicyclic) bond motifs is 1. The zero-order valence-corrected chi connectivity index (χ0v) is 14.7. The zero-order chi connectivity index (χ0) is 16.1. The zero-order valence-electron chi connectivity index (χ0n) is 13.1. The molecule has 1 fully saturated rings. The van der Waals surface area contributed by atoms with E-state index in [1.54, 1.807) is 22.7 Å². The summed E-state index contributed by atoms with van der Waals surface area (Å²) < 4.78 is 18.9. The van der Waals surface area contributed by atoms with Gasteiger partial charge in [-0.1, -0.05) is 0 Å². The number of morpholine rings is 1. The number of halogens is 1. The molecule has 3 N–H and O–H groups in total. The Morgan fingerprint density at radius 1 is 1.39 bits per heavy atom. The van der Waals surface area contributed by atoms with Crippen molar-refractivity contribution in [1.82, 2.24) is 10.6 Å². The number of hydrogen-bond acceptors (Lipinski definition) is 3. The third-order valence-electron chi connectivity index (χ3n) is 4.28. The summed E-state index contributed by atoms with van der Waals surface area (Å²) in [7, 11) is 0. The van der Waals surface area contributed by atoms with Crippen LogP contribution in [0.15, 0.2) is 23.1 Å². The first kappa shape index (κ1) is 17.0. The van der Waals surface area contributed by atoms with Crippen LogP contribution < -0.4 is 15.5 Å². The van der Waals surface area contributed by atoms with E-state index in [1.165, 1.54) is 6.07 Å². The van der Waals surface area contributed by atoms with E-state index in [1.807, 2.05) is 6.07 Å². The maximum Gasteiger partial charge on any atom is 0.166 e. The van der Waals surface area contributed by atoms with Crippen LogP contribution in [0, 0.1) is 5.82 Å². The second-order valence-electron chi connectivity index (χ2n) is 5.88. The predicted octanol–water partition coefficient (Wildman–Crippen LogP) is 0.742. The van der Waals surface area contributed by atoms with Crippen LogP contribution in [0.2, 0.25) is 0 Å². The summed E-state index contributed by atoms with van der Waals surface area (Å²) in [6, 6.07) is 5.11. The molecule has 0 amide bonds. The quantitative estimate of drug-likeness (QED) is 0.694. The summed E-state index contributed by atoms with van der Waals surface area (Å²) in [5.74, 6) is 0.837. The Morgan fingerprint density at radius 2 is 2.22 bits per heavy atom. The van der Waals surface area contributed by atoms with Crippen molar-refractivity contribution in [3.8, 4) is 0 Å². The van der Waals surface area contributed by atoms with Gasteiger partial charge in [-0.05, 0) is 42.4 Å². The van der Waals surface area contributed by atoms with E-state index in [-0.39, 0.29) is 11.9 Å². The van der Waals surface area contributed by atoms with Crippen molar-refractivity contribution < 1.29 is 14.0 Å². The van der Waals surface area contributed by atoms with Gasteiger partial charge in [0.15, 0.2) is 5.11 Å². The molecule has 4 nitrogen and oxygen atoms in total. The molecule has 1 aromatic carbocycles. The Bertz CT molecular complexity index is 552. The van der Waals surface area contributed by atoms with Crippen LogP contribution in [0.3, 0.4) is 0 Å². The van der Waals surface area contributed by atoms with E-state index in [2.05, 4.69) is 10.6 Å². The number of quaternary nitrogens is 1. The highest BCUT2D eigenvalue weighted by atomic mass is 32.2. The van der Waals surface area contributed by atoms with Crippen molar-refractivity contribution in [2.24, 2.45) is 0 Å². The van der Waals surface area contributed by atoms with Gasteiger partial charge >= 0.3 is 0 Å². The number of nitrogens with one attached hydrogen (secondary N) is 3. The molecule has 126 valence electrons. The second kappa shape index (κ2) is 8.28. The molecule has 0 saturated carbocycles. The van der Waals surface area contributed by atoms with E-state index in [0.717, 1.165) is 62.0 Å². The normalized spacial score (nSPS) is 21.5. The Morgan fingerprint density at radius 3 is 3.04 bits per heavy atom. The fourth-order valence-corrected chi connectivity index (χ4v) is 4.34. The number of hydrogen-bond donors (Lipinski definition) is 3. The van der Waals surface area contributed by atoms with Crippen molar-refractivity contribution >= 4 is 29.1 Å². The highest BCUT2D eigenvalue weighted by Crippen LogP contribution is 2.36. The summed E-state index contributed by atoms with van der Waals surface area (Å²) in [5.41, 5.74) is 1.02. The molecule has 0 aliphatic carbocycles. The average Bonchev–Trinajstić information content (AvgIpc) is 2.56. The number of thiocarbonyl (C=S) groups is 1. The van der Waals surface area contributed by atoms with Gasteiger partial charge in [0.2, 0.25) is 0 Å². The second-order valence-corrected chi connectivity index (χ2v) is 7.43. The Kier molecular flexibility index (Phi) is 6.10. The van der Waals surface area contributed by atoms with Crippen LogP contribution in [0.4, 0.5) is 4.39 Å². The fraction of sp³-hybridized carbons (Fsp3) is 0.562. The van der Waals surface area contributed by atoms with Crippen LogP contribution >= 0.6 is 24.0 Å². The predicted molar refractivity (Wildman–Crippen MR) is 94.6 cm³/mol. The van der Waals surface area contributed by atoms with Crippen molar-refractivity contribution in [2.45, 2.75) is 17.4 Å². The molecule has 3 rings (SSSR count). The molecular weight excluding hydrogens is 333 g/mol. The molecule has 23 heavy (non-hydrogen) atoms. The monoisotopic (exact) mass is 356 g/mol. The van der Waals surface area contributed by atoms with Crippen LogP contribution in [0.1, 0.15) is 18.0 Å². The summed E-state index contributed by atoms with van der Waals surface area (Å²) >= 11 is 7.19. The van der Waals surface area contributed by atoms with Gasteiger partial charge in [-0.25, -0.2) is 4.39 Å². The summed E-state index contributed by atoms with van der Waals surface area (Å²) in [5, 5.41) is 7.28. The van der Waals surface area contributed by atoms with Gasteiger partial charge in [0.1, 0.15) is 18.9 Å². The topological polar surface area (TPSA) is 37.7 Å². The molecule has 0 unspecified atom stereocenters. The average molecular weight is 357 g/mol. The Labute approximate surface area is 146 Å². The Balaban J connectivity index is 1.48. The van der Waals surface area contributed by atoms with Gasteiger partial charge < -0.3 is 20.3 Å². The lowest BCUT2D eigenvalue weighted by molar-refractivity contribution is -0.906. The van der Waals surface area contributed by atoms with Crippen molar-refractivity contribution in [1.29, 1.82) is 0 Å². The highest BCUT2D eigenvalue weighted by Gasteiger charge is 2.22. The summed E-state index contributed by atoms with van der Waals surface area (Å²) in [6.07, 6.45) is 0.956. The SMILES string of the molecule is Fc1ccc2c(c1)[C@@H](NC(=S)NCC[NH+]1CCOCC1)CCS2. The molecular formula is C16H23FN3OS2+. The molecule has 0 bridgehead atoms. The van der Waals surface area contributed by atoms with Crippen LogP contribution in [-0.4, -0.2) is 50.3 Å². The molecule has 0 radical (unpaired) electrons. The van der Waals surface area contributed by atoms with E-state index in [9.17, 15) is 4.39 Å². The van der Waals surface area contributed by atoms with Crippen LogP contribution in [-0.2, 0) is 4.74 Å². The van der Waals surface area contributed by atoms with Crippen LogP contribution in [0.25, 0.3) is 0 Å². The molecule has 2 aliphatic rings. The lowest BCUT2D eigenvalue weighted by atomic mass is 10.0. The van der Waals surface area contributed by atoms with Crippen LogP contribution in [0.5, 0.6) is 0 Å². The standard InChI is InChI=1S/C16H22FN3OS2/c17-12-1-2-15-13(11-12)14(3-10-23-15)19-16(22)18-4-5-20-6-8-21-9-7-20/h1-2,11,14H,3-10H2,(H2,18,19,22)/p+1/t14-/m0/s1. The minimum absolute atomic E-state index is 0.0951. The largest absolute Gasteiger partial charge is 0.370 e. The first-order valence-corrected chi connectivity index (χ1v) is 9.49. The van der Waals surface area contributed by atoms with Gasteiger partial charge in [-0.3, -0.25) is 0 Å². The smallest absolute Gasteiger partial charge is 0.166 e. The number of benzene rings is 1. The van der Waals surface area contributed by atoms with Gasteiger partial charge in [-0.2, -0.15) is 0 Å². The molecule has 1 aromatic rings. The summed E-state index contributed by atoms with van der Waals surface area (Å²) in [6.45, 7) is 5.71. The first-order valence-electron chi connectivity index (χ1n) is 8.10. The van der Waals surface area contributed by atoms with Gasteiger partial charge in [0, 0.05) is 10.6 Å². The lowest BCUT2D eigenvalue weighted by Crippen LogP contribution is -3.14. The van der Waals surface area contributed by atoms with Gasteiger partial charge in [-0.15, -0.1) is 11.8 Å². The molecule has 2 heterocycles. The van der Waals surface area contributed by atoms with Gasteiger partial charge in [0.25, 0.3) is 0 Å². The van der Waals surface area contributed by atoms with E-state index in [4.69, 9.17) is 17.0 Å². The molecule has 7 heteroatoms. The first-order chi connectivity index (χ1) is 11.2. The van der Waals surface area contributed by atoms with E-state index >= 15 is 0 Å². The molecule has 1 atom stereocenters. The van der Waals surface area contributed by atoms with E-state index < -0.39 is 0 Å². The highest BCUT2D eigenvalue weighted by molar-refractivity contribution is 7.99. The number of rotatable bonds is 4. The molecule has 2 aliphatic heterocycles. The summed E-state index contributed by atoms with van der Waals surface area (Å²) in [4.78, 5) is 2.70. The third kappa shape index (κ3) is 4.79. The molecule has 0 aromatic heterocycles. The van der Waals surface area contributed by atoms with E-state index in [0.29, 0.717) is 5.11 Å².